The van der Waals surface area contributed by atoms with Gasteiger partial charge in [-0.05, 0) is 84.3 Å². The van der Waals surface area contributed by atoms with Gasteiger partial charge in [-0.3, -0.25) is 19.4 Å². The maximum atomic E-state index is 15.2. The summed E-state index contributed by atoms with van der Waals surface area (Å²) in [5.74, 6) is 0.805. The van der Waals surface area contributed by atoms with Gasteiger partial charge in [0.05, 0.1) is 48.9 Å². The lowest BCUT2D eigenvalue weighted by Gasteiger charge is -2.40. The summed E-state index contributed by atoms with van der Waals surface area (Å²) in [6, 6.07) is 28.5. The van der Waals surface area contributed by atoms with Gasteiger partial charge in [-0.2, -0.15) is 0 Å². The molecule has 4 aromatic carbocycles. The molecular weight excluding hydrogens is 723 g/mol. The lowest BCUT2D eigenvalue weighted by atomic mass is 9.92. The molecule has 12 heteroatoms. The molecule has 6 heterocycles. The van der Waals surface area contributed by atoms with E-state index >= 15 is 9.59 Å². The van der Waals surface area contributed by atoms with E-state index in [1.807, 2.05) is 71.2 Å². The number of ether oxygens (including phenoxy) is 4. The number of benzene rings is 4. The summed E-state index contributed by atoms with van der Waals surface area (Å²) in [7, 11) is 1.99. The summed E-state index contributed by atoms with van der Waals surface area (Å²) in [6.07, 6.45) is 2.74. The average Bonchev–Trinajstić information content (AvgIpc) is 3.97. The highest BCUT2D eigenvalue weighted by atomic mass is 16.7. The number of morpholine rings is 1. The molecule has 1 saturated heterocycles. The smallest absolute Gasteiger partial charge is 0.264 e. The lowest BCUT2D eigenvalue weighted by Crippen LogP contribution is -2.52. The highest BCUT2D eigenvalue weighted by molar-refractivity contribution is 6.13. The van der Waals surface area contributed by atoms with E-state index in [1.54, 1.807) is 29.2 Å². The summed E-state index contributed by atoms with van der Waals surface area (Å²) in [6.45, 7) is 5.45. The van der Waals surface area contributed by atoms with E-state index in [1.165, 1.54) is 5.56 Å². The van der Waals surface area contributed by atoms with Gasteiger partial charge in [0, 0.05) is 79.9 Å². The van der Waals surface area contributed by atoms with Gasteiger partial charge in [-0.15, -0.1) is 0 Å². The largest absolute Gasteiger partial charge is 0.508 e. The standard InChI is InChI=1S/C45H43N5O7/c1-46-13-12-30-21-33(8-11-39(30)46)50(32-6-9-35(51)10-7-32)45(53)38-22-40(48-16-19-55-27-41(38)48)36-23-42-43(57-28-56-42)24-37(36)44(52)49-25-31-5-3-2-4-29(31)20-34(49)26-47-14-17-54-18-15-47/h2-13,21-24,34,51H,14-20,25-28H2,1H3/t34-/m0/s1. The van der Waals surface area contributed by atoms with E-state index in [-0.39, 0.29) is 37.0 Å². The number of anilines is 2. The van der Waals surface area contributed by atoms with E-state index in [0.29, 0.717) is 72.5 Å². The van der Waals surface area contributed by atoms with Gasteiger partial charge >= 0.3 is 0 Å². The van der Waals surface area contributed by atoms with Crippen LogP contribution in [0.5, 0.6) is 17.2 Å². The second-order valence-electron chi connectivity index (χ2n) is 15.1. The van der Waals surface area contributed by atoms with Crippen LogP contribution in [0.15, 0.2) is 97.2 Å². The average molecular weight is 766 g/mol. The third-order valence-electron chi connectivity index (χ3n) is 11.8. The molecule has 1 atom stereocenters. The first kappa shape index (κ1) is 35.3. The maximum Gasteiger partial charge on any atom is 0.264 e. The van der Waals surface area contributed by atoms with E-state index in [4.69, 9.17) is 18.9 Å². The second-order valence-corrected chi connectivity index (χ2v) is 15.1. The Morgan fingerprint density at radius 1 is 0.807 bits per heavy atom. The number of carbonyl (C=O) groups excluding carboxylic acids is 2. The van der Waals surface area contributed by atoms with Crippen molar-refractivity contribution in [2.45, 2.75) is 32.2 Å². The van der Waals surface area contributed by atoms with Crippen molar-refractivity contribution in [3.05, 3.63) is 125 Å². The minimum atomic E-state index is -0.261. The molecule has 2 amide bonds. The van der Waals surface area contributed by atoms with Gasteiger partial charge in [0.25, 0.3) is 11.8 Å². The SMILES string of the molecule is Cn1ccc2cc(N(C(=O)c3cc(-c4cc5c(cc4C(=O)N4Cc6ccccc6C[C@H]4CN4CCOCC4)OCO5)n4c3COCC4)c3ccc(O)cc3)ccc21. The van der Waals surface area contributed by atoms with Gasteiger partial charge in [0.15, 0.2) is 11.5 Å². The predicted molar refractivity (Wildman–Crippen MR) is 214 cm³/mol. The summed E-state index contributed by atoms with van der Waals surface area (Å²) >= 11 is 0. The van der Waals surface area contributed by atoms with Gasteiger partial charge < -0.3 is 38.1 Å². The van der Waals surface area contributed by atoms with E-state index in [0.717, 1.165) is 53.9 Å². The first-order valence-electron chi connectivity index (χ1n) is 19.5. The summed E-state index contributed by atoms with van der Waals surface area (Å²) < 4.78 is 27.6. The fourth-order valence-electron chi connectivity index (χ4n) is 8.80. The molecule has 0 saturated carbocycles. The fraction of sp³-hybridized carbons (Fsp3) is 0.289. The number of aryl methyl sites for hydroxylation is 1. The highest BCUT2D eigenvalue weighted by Crippen LogP contribution is 2.43. The van der Waals surface area contributed by atoms with Crippen molar-refractivity contribution in [2.24, 2.45) is 7.05 Å². The Morgan fingerprint density at radius 2 is 1.56 bits per heavy atom. The van der Waals surface area contributed by atoms with Crippen molar-refractivity contribution in [1.29, 1.82) is 0 Å². The zero-order chi connectivity index (χ0) is 38.6. The third-order valence-corrected chi connectivity index (χ3v) is 11.8. The van der Waals surface area contributed by atoms with E-state index in [9.17, 15) is 5.11 Å². The lowest BCUT2D eigenvalue weighted by molar-refractivity contribution is 0.0193. The molecule has 0 bridgehead atoms. The third kappa shape index (κ3) is 6.39. The molecule has 0 spiro atoms. The Balaban J connectivity index is 1.09. The topological polar surface area (TPSA) is 111 Å². The number of fused-ring (bicyclic) bond motifs is 4. The van der Waals surface area contributed by atoms with Gasteiger partial charge in [-0.1, -0.05) is 24.3 Å². The number of nitrogens with zero attached hydrogens (tertiary/aromatic N) is 5. The van der Waals surface area contributed by atoms with Crippen molar-refractivity contribution >= 4 is 34.1 Å². The van der Waals surface area contributed by atoms with Crippen LogP contribution >= 0.6 is 0 Å². The van der Waals surface area contributed by atoms with Gasteiger partial charge in [-0.25, -0.2) is 0 Å². The Labute approximate surface area is 329 Å². The van der Waals surface area contributed by atoms with Crippen LogP contribution < -0.4 is 14.4 Å². The number of aromatic hydroxyl groups is 1. The van der Waals surface area contributed by atoms with Crippen molar-refractivity contribution in [1.82, 2.24) is 18.9 Å². The minimum absolute atomic E-state index is 0.0559. The molecule has 6 aromatic rings. The van der Waals surface area contributed by atoms with E-state index < -0.39 is 0 Å². The van der Waals surface area contributed by atoms with Crippen molar-refractivity contribution in [2.75, 3.05) is 51.1 Å². The number of phenolic OH excluding ortho intramolecular Hbond substituents is 1. The summed E-state index contributed by atoms with van der Waals surface area (Å²) in [4.78, 5) is 36.5. The molecule has 10 rings (SSSR count). The van der Waals surface area contributed by atoms with Crippen LogP contribution in [0.3, 0.4) is 0 Å². The van der Waals surface area contributed by atoms with Crippen molar-refractivity contribution < 1.29 is 33.6 Å². The first-order valence-corrected chi connectivity index (χ1v) is 19.5. The number of carbonyl (C=O) groups is 2. The quantitative estimate of drug-likeness (QED) is 0.197. The second kappa shape index (κ2) is 14.5. The van der Waals surface area contributed by atoms with Crippen LogP contribution in [-0.4, -0.2) is 88.1 Å². The Bertz CT molecular complexity index is 2520. The Hall–Kier alpha value is -6.08. The monoisotopic (exact) mass is 765 g/mol. The van der Waals surface area contributed by atoms with Crippen LogP contribution in [0.1, 0.15) is 37.5 Å². The predicted octanol–water partition coefficient (Wildman–Crippen LogP) is 6.49. The molecule has 57 heavy (non-hydrogen) atoms. The van der Waals surface area contributed by atoms with Crippen LogP contribution in [0.2, 0.25) is 0 Å². The molecule has 2 aromatic heterocycles. The molecule has 0 aliphatic carbocycles. The number of aromatic nitrogens is 2. The van der Waals surface area contributed by atoms with Gasteiger partial charge in [0.1, 0.15) is 5.75 Å². The Kier molecular flexibility index (Phi) is 8.96. The normalized spacial score (nSPS) is 17.7. The molecule has 12 nitrogen and oxygen atoms in total. The molecule has 0 unspecified atom stereocenters. The number of rotatable bonds is 7. The molecule has 1 fully saturated rings. The number of hydrogen-bond donors (Lipinski definition) is 1. The maximum absolute atomic E-state index is 15.2. The molecule has 290 valence electrons. The van der Waals surface area contributed by atoms with Crippen LogP contribution in [0, 0.1) is 0 Å². The fourth-order valence-corrected chi connectivity index (χ4v) is 8.80. The summed E-state index contributed by atoms with van der Waals surface area (Å²) in [5, 5.41) is 11.2. The van der Waals surface area contributed by atoms with Crippen LogP contribution in [-0.2, 0) is 42.6 Å². The molecule has 4 aliphatic rings. The van der Waals surface area contributed by atoms with Crippen molar-refractivity contribution in [3.8, 4) is 28.5 Å². The number of amides is 2. The zero-order valence-electron chi connectivity index (χ0n) is 31.7. The number of phenols is 1. The van der Waals surface area contributed by atoms with Gasteiger partial charge in [0.2, 0.25) is 6.79 Å². The summed E-state index contributed by atoms with van der Waals surface area (Å²) in [5.41, 5.74) is 7.78. The number of hydrogen-bond acceptors (Lipinski definition) is 8. The first-order chi connectivity index (χ1) is 27.9. The molecule has 0 radical (unpaired) electrons. The van der Waals surface area contributed by atoms with Crippen LogP contribution in [0.25, 0.3) is 22.2 Å². The van der Waals surface area contributed by atoms with Crippen LogP contribution in [0.4, 0.5) is 11.4 Å². The minimum Gasteiger partial charge on any atom is -0.508 e. The zero-order valence-corrected chi connectivity index (χ0v) is 31.7. The molecular formula is C45H43N5O7. The molecule has 1 N–H and O–H groups in total. The molecule has 4 aliphatic heterocycles. The Morgan fingerprint density at radius 3 is 2.39 bits per heavy atom. The van der Waals surface area contributed by atoms with E-state index in [2.05, 4.69) is 27.7 Å². The highest BCUT2D eigenvalue weighted by Gasteiger charge is 2.36. The van der Waals surface area contributed by atoms with Crippen molar-refractivity contribution in [3.63, 3.8) is 0 Å².